The Labute approximate surface area is 131 Å². The Hall–Kier alpha value is -1.20. The van der Waals surface area contributed by atoms with E-state index in [0.717, 1.165) is 30.9 Å². The average Bonchev–Trinajstić information content (AvgIpc) is 2.73. The van der Waals surface area contributed by atoms with Crippen molar-refractivity contribution >= 4 is 17.7 Å². The van der Waals surface area contributed by atoms with Gasteiger partial charge in [0.15, 0.2) is 0 Å². The topological polar surface area (TPSA) is 41.6 Å². The predicted octanol–water partition coefficient (Wildman–Crippen LogP) is 2.69. The zero-order valence-corrected chi connectivity index (χ0v) is 13.8. The van der Waals surface area contributed by atoms with Gasteiger partial charge in [0, 0.05) is 24.5 Å². The molecule has 116 valence electrons. The number of hydrogen-bond acceptors (Lipinski definition) is 4. The largest absolute Gasteiger partial charge is 0.497 e. The molecule has 1 aromatic carbocycles. The summed E-state index contributed by atoms with van der Waals surface area (Å²) in [6.07, 6.45) is 2.20. The fourth-order valence-electron chi connectivity index (χ4n) is 2.42. The van der Waals surface area contributed by atoms with E-state index in [4.69, 9.17) is 4.74 Å². The zero-order chi connectivity index (χ0) is 15.2. The number of amides is 1. The van der Waals surface area contributed by atoms with Crippen molar-refractivity contribution in [2.45, 2.75) is 30.7 Å². The Morgan fingerprint density at radius 1 is 1.52 bits per heavy atom. The van der Waals surface area contributed by atoms with E-state index < -0.39 is 0 Å². The molecule has 0 aromatic heterocycles. The van der Waals surface area contributed by atoms with Gasteiger partial charge in [-0.1, -0.05) is 0 Å². The minimum absolute atomic E-state index is 0.138. The Morgan fingerprint density at radius 3 is 3.05 bits per heavy atom. The minimum Gasteiger partial charge on any atom is -0.497 e. The molecule has 1 aliphatic rings. The molecule has 1 amide bonds. The van der Waals surface area contributed by atoms with Crippen LogP contribution in [0, 0.1) is 0 Å². The van der Waals surface area contributed by atoms with Crippen LogP contribution in [0.4, 0.5) is 0 Å². The predicted molar refractivity (Wildman–Crippen MR) is 87.0 cm³/mol. The average molecular weight is 308 g/mol. The van der Waals surface area contributed by atoms with E-state index in [-0.39, 0.29) is 11.9 Å². The fraction of sp³-hybridized carbons (Fsp3) is 0.562. The first-order valence-corrected chi connectivity index (χ1v) is 8.42. The van der Waals surface area contributed by atoms with Crippen LogP contribution in [-0.4, -0.2) is 43.8 Å². The third kappa shape index (κ3) is 4.14. The highest BCUT2D eigenvalue weighted by Gasteiger charge is 2.20. The van der Waals surface area contributed by atoms with Crippen LogP contribution >= 0.6 is 11.8 Å². The number of thioether (sulfide) groups is 1. The first kappa shape index (κ1) is 16.2. The number of hydrogen-bond donors (Lipinski definition) is 1. The molecule has 1 aromatic rings. The summed E-state index contributed by atoms with van der Waals surface area (Å²) in [7, 11) is 3.53. The van der Waals surface area contributed by atoms with E-state index in [9.17, 15) is 4.79 Å². The summed E-state index contributed by atoms with van der Waals surface area (Å²) in [5, 5.41) is 3.42. The molecule has 1 atom stereocenters. The molecule has 1 heterocycles. The molecule has 4 nitrogen and oxygen atoms in total. The first-order chi connectivity index (χ1) is 10.2. The number of fused-ring (bicyclic) bond motifs is 1. The lowest BCUT2D eigenvalue weighted by Crippen LogP contribution is -2.37. The maximum atomic E-state index is 12.0. The normalized spacial score (nSPS) is 17.8. The SMILES string of the molecule is CCN(C)C(=O)CNC1CCCSc2ccc(OC)cc21. The van der Waals surface area contributed by atoms with Gasteiger partial charge >= 0.3 is 0 Å². The van der Waals surface area contributed by atoms with Gasteiger partial charge in [0.2, 0.25) is 5.91 Å². The molecular formula is C16H24N2O2S. The van der Waals surface area contributed by atoms with E-state index in [1.807, 2.05) is 31.8 Å². The van der Waals surface area contributed by atoms with E-state index in [0.29, 0.717) is 6.54 Å². The number of methoxy groups -OCH3 is 1. The van der Waals surface area contributed by atoms with Crippen LogP contribution in [0.25, 0.3) is 0 Å². The van der Waals surface area contributed by atoms with Crippen molar-refractivity contribution in [2.75, 3.05) is 33.0 Å². The van der Waals surface area contributed by atoms with Crippen molar-refractivity contribution in [1.82, 2.24) is 10.2 Å². The maximum Gasteiger partial charge on any atom is 0.236 e. The van der Waals surface area contributed by atoms with Crippen molar-refractivity contribution in [2.24, 2.45) is 0 Å². The van der Waals surface area contributed by atoms with Gasteiger partial charge in [0.1, 0.15) is 5.75 Å². The molecule has 0 radical (unpaired) electrons. The Kier molecular flexibility index (Phi) is 5.94. The van der Waals surface area contributed by atoms with Crippen molar-refractivity contribution in [3.63, 3.8) is 0 Å². The number of nitrogens with zero attached hydrogens (tertiary/aromatic N) is 1. The second kappa shape index (κ2) is 7.71. The van der Waals surface area contributed by atoms with Crippen LogP contribution in [-0.2, 0) is 4.79 Å². The summed E-state index contributed by atoms with van der Waals surface area (Å²) >= 11 is 1.89. The van der Waals surface area contributed by atoms with E-state index in [1.165, 1.54) is 10.5 Å². The molecular weight excluding hydrogens is 284 g/mol. The van der Waals surface area contributed by atoms with Crippen LogP contribution in [0.1, 0.15) is 31.4 Å². The Bertz CT molecular complexity index is 493. The summed E-state index contributed by atoms with van der Waals surface area (Å²) in [6.45, 7) is 3.11. The van der Waals surface area contributed by atoms with Gasteiger partial charge in [-0.25, -0.2) is 0 Å². The lowest BCUT2D eigenvalue weighted by Gasteiger charge is -2.21. The molecule has 5 heteroatoms. The number of carbonyl (C=O) groups is 1. The molecule has 0 spiro atoms. The zero-order valence-electron chi connectivity index (χ0n) is 13.0. The Balaban J connectivity index is 2.11. The Morgan fingerprint density at radius 2 is 2.33 bits per heavy atom. The van der Waals surface area contributed by atoms with Crippen LogP contribution < -0.4 is 10.1 Å². The summed E-state index contributed by atoms with van der Waals surface area (Å²) in [5.41, 5.74) is 1.25. The van der Waals surface area contributed by atoms with Gasteiger partial charge in [-0.2, -0.15) is 0 Å². The highest BCUT2D eigenvalue weighted by molar-refractivity contribution is 7.99. The third-order valence-electron chi connectivity index (χ3n) is 3.89. The van der Waals surface area contributed by atoms with Crippen molar-refractivity contribution in [1.29, 1.82) is 0 Å². The number of rotatable bonds is 5. The number of likely N-dealkylation sites (N-methyl/N-ethyl adjacent to an activating group) is 1. The van der Waals surface area contributed by atoms with Gasteiger partial charge in [-0.3, -0.25) is 4.79 Å². The maximum absolute atomic E-state index is 12.0. The molecule has 0 saturated heterocycles. The minimum atomic E-state index is 0.138. The van der Waals surface area contributed by atoms with Crippen LogP contribution in [0.3, 0.4) is 0 Å². The van der Waals surface area contributed by atoms with Gasteiger partial charge in [0.05, 0.1) is 13.7 Å². The monoisotopic (exact) mass is 308 g/mol. The molecule has 0 bridgehead atoms. The van der Waals surface area contributed by atoms with Gasteiger partial charge < -0.3 is 15.0 Å². The molecule has 0 aliphatic carbocycles. The quantitative estimate of drug-likeness (QED) is 0.908. The molecule has 1 unspecified atom stereocenters. The van der Waals surface area contributed by atoms with E-state index in [1.54, 1.807) is 12.0 Å². The third-order valence-corrected chi connectivity index (χ3v) is 5.06. The smallest absolute Gasteiger partial charge is 0.236 e. The molecule has 0 saturated carbocycles. The number of nitrogens with one attached hydrogen (secondary N) is 1. The van der Waals surface area contributed by atoms with Crippen LogP contribution in [0.15, 0.2) is 23.1 Å². The molecule has 1 N–H and O–H groups in total. The molecule has 21 heavy (non-hydrogen) atoms. The van der Waals surface area contributed by atoms with Crippen molar-refractivity contribution in [3.8, 4) is 5.75 Å². The summed E-state index contributed by atoms with van der Waals surface area (Å²) in [5.74, 6) is 2.14. The lowest BCUT2D eigenvalue weighted by molar-refractivity contribution is -0.128. The standard InChI is InChI=1S/C16H24N2O2S/c1-4-18(2)16(19)11-17-14-6-5-9-21-15-8-7-12(20-3)10-13(14)15/h7-8,10,14,17H,4-6,9,11H2,1-3H3. The van der Waals surface area contributed by atoms with Crippen molar-refractivity contribution < 1.29 is 9.53 Å². The summed E-state index contributed by atoms with van der Waals surface area (Å²) < 4.78 is 5.34. The lowest BCUT2D eigenvalue weighted by atomic mass is 10.0. The first-order valence-electron chi connectivity index (χ1n) is 7.43. The molecule has 2 rings (SSSR count). The van der Waals surface area contributed by atoms with Gasteiger partial charge in [-0.05, 0) is 49.3 Å². The highest BCUT2D eigenvalue weighted by Crippen LogP contribution is 2.36. The summed E-state index contributed by atoms with van der Waals surface area (Å²) in [6, 6.07) is 6.45. The fourth-order valence-corrected chi connectivity index (χ4v) is 3.48. The summed E-state index contributed by atoms with van der Waals surface area (Å²) in [4.78, 5) is 15.0. The van der Waals surface area contributed by atoms with Gasteiger partial charge in [-0.15, -0.1) is 11.8 Å². The van der Waals surface area contributed by atoms with Crippen LogP contribution in [0.2, 0.25) is 0 Å². The van der Waals surface area contributed by atoms with E-state index >= 15 is 0 Å². The van der Waals surface area contributed by atoms with Gasteiger partial charge in [0.25, 0.3) is 0 Å². The number of benzene rings is 1. The van der Waals surface area contributed by atoms with E-state index in [2.05, 4.69) is 17.4 Å². The van der Waals surface area contributed by atoms with Crippen LogP contribution in [0.5, 0.6) is 5.75 Å². The molecule has 0 fully saturated rings. The highest BCUT2D eigenvalue weighted by atomic mass is 32.2. The number of carbonyl (C=O) groups excluding carboxylic acids is 1. The van der Waals surface area contributed by atoms with Crippen molar-refractivity contribution in [3.05, 3.63) is 23.8 Å². The number of ether oxygens (including phenoxy) is 1. The second-order valence-electron chi connectivity index (χ2n) is 5.24. The molecule has 1 aliphatic heterocycles. The second-order valence-corrected chi connectivity index (χ2v) is 6.37.